The molecule has 0 saturated carbocycles. The van der Waals surface area contributed by atoms with Crippen molar-refractivity contribution in [2.75, 3.05) is 0 Å². The SMILES string of the molecule is Cc1cc2c(cc1Cl)C(c1ccccc1)C(C#N)=C(N)O2. The van der Waals surface area contributed by atoms with Gasteiger partial charge in [-0.05, 0) is 30.2 Å². The summed E-state index contributed by atoms with van der Waals surface area (Å²) in [7, 11) is 0. The van der Waals surface area contributed by atoms with E-state index in [1.54, 1.807) is 0 Å². The van der Waals surface area contributed by atoms with Crippen LogP contribution in [0.4, 0.5) is 0 Å². The molecule has 21 heavy (non-hydrogen) atoms. The number of ether oxygens (including phenoxy) is 1. The molecule has 2 N–H and O–H groups in total. The van der Waals surface area contributed by atoms with E-state index in [4.69, 9.17) is 22.1 Å². The summed E-state index contributed by atoms with van der Waals surface area (Å²) in [5, 5.41) is 10.1. The second-order valence-electron chi connectivity index (χ2n) is 4.97. The lowest BCUT2D eigenvalue weighted by Gasteiger charge is -2.27. The number of fused-ring (bicyclic) bond motifs is 1. The summed E-state index contributed by atoms with van der Waals surface area (Å²) in [6, 6.07) is 15.6. The lowest BCUT2D eigenvalue weighted by atomic mass is 9.83. The van der Waals surface area contributed by atoms with E-state index in [0.717, 1.165) is 16.7 Å². The van der Waals surface area contributed by atoms with Crippen molar-refractivity contribution in [1.82, 2.24) is 0 Å². The Morgan fingerprint density at radius 2 is 1.95 bits per heavy atom. The van der Waals surface area contributed by atoms with Gasteiger partial charge in [-0.3, -0.25) is 0 Å². The van der Waals surface area contributed by atoms with E-state index in [9.17, 15) is 5.26 Å². The highest BCUT2D eigenvalue weighted by molar-refractivity contribution is 6.31. The Kier molecular flexibility index (Phi) is 3.32. The minimum Gasteiger partial charge on any atom is -0.440 e. The number of aryl methyl sites for hydroxylation is 1. The number of allylic oxidation sites excluding steroid dienone is 1. The molecule has 1 aliphatic heterocycles. The van der Waals surface area contributed by atoms with E-state index < -0.39 is 0 Å². The van der Waals surface area contributed by atoms with Crippen LogP contribution in [-0.2, 0) is 0 Å². The lowest BCUT2D eigenvalue weighted by molar-refractivity contribution is 0.393. The first kappa shape index (κ1) is 13.5. The van der Waals surface area contributed by atoms with E-state index in [2.05, 4.69) is 6.07 Å². The molecule has 1 aliphatic rings. The molecule has 0 spiro atoms. The molecule has 0 aliphatic carbocycles. The molecule has 0 radical (unpaired) electrons. The minimum atomic E-state index is -0.252. The fraction of sp³-hybridized carbons (Fsp3) is 0.118. The molecular weight excluding hydrogens is 284 g/mol. The van der Waals surface area contributed by atoms with Crippen molar-refractivity contribution in [2.45, 2.75) is 12.8 Å². The van der Waals surface area contributed by atoms with Gasteiger partial charge in [0.2, 0.25) is 5.88 Å². The zero-order valence-electron chi connectivity index (χ0n) is 11.4. The first-order valence-electron chi connectivity index (χ1n) is 6.54. The number of halogens is 1. The highest BCUT2D eigenvalue weighted by Crippen LogP contribution is 2.43. The Hall–Kier alpha value is -2.44. The molecule has 0 aromatic heterocycles. The van der Waals surface area contributed by atoms with Gasteiger partial charge in [-0.15, -0.1) is 0 Å². The average molecular weight is 297 g/mol. The third-order valence-corrected chi connectivity index (χ3v) is 4.04. The predicted octanol–water partition coefficient (Wildman–Crippen LogP) is 3.87. The summed E-state index contributed by atoms with van der Waals surface area (Å²) in [6.45, 7) is 1.91. The maximum Gasteiger partial charge on any atom is 0.205 e. The molecule has 104 valence electrons. The molecule has 0 fully saturated rings. The van der Waals surface area contributed by atoms with Gasteiger partial charge in [0.05, 0.1) is 5.92 Å². The van der Waals surface area contributed by atoms with Crippen LogP contribution in [0.15, 0.2) is 53.9 Å². The Morgan fingerprint density at radius 1 is 1.24 bits per heavy atom. The van der Waals surface area contributed by atoms with Gasteiger partial charge in [0.15, 0.2) is 0 Å². The molecule has 1 atom stereocenters. The number of benzene rings is 2. The summed E-state index contributed by atoms with van der Waals surface area (Å²) in [5.41, 5.74) is 9.10. The van der Waals surface area contributed by atoms with Crippen LogP contribution >= 0.6 is 11.6 Å². The van der Waals surface area contributed by atoms with Gasteiger partial charge in [-0.2, -0.15) is 5.26 Å². The topological polar surface area (TPSA) is 59.0 Å². The smallest absolute Gasteiger partial charge is 0.205 e. The van der Waals surface area contributed by atoms with E-state index in [-0.39, 0.29) is 11.8 Å². The fourth-order valence-corrected chi connectivity index (χ4v) is 2.74. The summed E-state index contributed by atoms with van der Waals surface area (Å²) in [4.78, 5) is 0. The van der Waals surface area contributed by atoms with Crippen molar-refractivity contribution in [2.24, 2.45) is 5.73 Å². The summed E-state index contributed by atoms with van der Waals surface area (Å²) >= 11 is 6.24. The highest BCUT2D eigenvalue weighted by atomic mass is 35.5. The van der Waals surface area contributed by atoms with Crippen LogP contribution in [0.5, 0.6) is 5.75 Å². The molecule has 0 amide bonds. The number of nitrogens with two attached hydrogens (primary N) is 1. The zero-order chi connectivity index (χ0) is 15.0. The van der Waals surface area contributed by atoms with Gasteiger partial charge < -0.3 is 10.5 Å². The summed E-state index contributed by atoms with van der Waals surface area (Å²) in [6.07, 6.45) is 0. The van der Waals surface area contributed by atoms with E-state index >= 15 is 0 Å². The summed E-state index contributed by atoms with van der Waals surface area (Å²) in [5.74, 6) is 0.556. The van der Waals surface area contributed by atoms with Crippen molar-refractivity contribution in [3.8, 4) is 11.8 Å². The maximum absolute atomic E-state index is 9.44. The Labute approximate surface area is 128 Å². The quantitative estimate of drug-likeness (QED) is 0.869. The molecule has 2 aromatic carbocycles. The first-order chi connectivity index (χ1) is 10.1. The zero-order valence-corrected chi connectivity index (χ0v) is 12.2. The van der Waals surface area contributed by atoms with Crippen molar-refractivity contribution >= 4 is 11.6 Å². The van der Waals surface area contributed by atoms with Crippen LogP contribution in [0, 0.1) is 18.3 Å². The number of hydrogen-bond donors (Lipinski definition) is 1. The van der Waals surface area contributed by atoms with Gasteiger partial charge >= 0.3 is 0 Å². The lowest BCUT2D eigenvalue weighted by Crippen LogP contribution is -2.21. The molecular formula is C17H13ClN2O. The molecule has 3 nitrogen and oxygen atoms in total. The Balaban J connectivity index is 2.26. The predicted molar refractivity (Wildman–Crippen MR) is 81.9 cm³/mol. The van der Waals surface area contributed by atoms with E-state index in [1.807, 2.05) is 49.4 Å². The highest BCUT2D eigenvalue weighted by Gasteiger charge is 2.31. The van der Waals surface area contributed by atoms with Crippen LogP contribution in [0.3, 0.4) is 0 Å². The first-order valence-corrected chi connectivity index (χ1v) is 6.92. The monoisotopic (exact) mass is 296 g/mol. The van der Waals surface area contributed by atoms with E-state index in [0.29, 0.717) is 16.3 Å². The molecule has 2 aromatic rings. The van der Waals surface area contributed by atoms with Crippen molar-refractivity contribution < 1.29 is 4.74 Å². The van der Waals surface area contributed by atoms with Crippen molar-refractivity contribution in [1.29, 1.82) is 5.26 Å². The molecule has 0 saturated heterocycles. The number of rotatable bonds is 1. The maximum atomic E-state index is 9.44. The van der Waals surface area contributed by atoms with Gasteiger partial charge in [0.25, 0.3) is 0 Å². The fourth-order valence-electron chi connectivity index (χ4n) is 2.57. The standard InChI is InChI=1S/C17H13ClN2O/c1-10-7-15-12(8-14(10)18)16(11-5-3-2-4-6-11)13(9-19)17(20)21-15/h2-8,16H,20H2,1H3. The molecule has 3 rings (SSSR count). The Bertz CT molecular complexity index is 775. The normalized spacial score (nSPS) is 16.9. The third kappa shape index (κ3) is 2.24. The number of nitrogens with zero attached hydrogens (tertiary/aromatic N) is 1. The van der Waals surface area contributed by atoms with Gasteiger partial charge in [-0.1, -0.05) is 41.9 Å². The van der Waals surface area contributed by atoms with Crippen LogP contribution < -0.4 is 10.5 Å². The molecule has 4 heteroatoms. The van der Waals surface area contributed by atoms with Crippen molar-refractivity contribution in [3.05, 3.63) is 75.6 Å². The van der Waals surface area contributed by atoms with Crippen LogP contribution in [-0.4, -0.2) is 0 Å². The second kappa shape index (κ2) is 5.16. The average Bonchev–Trinajstić information content (AvgIpc) is 2.49. The van der Waals surface area contributed by atoms with Crippen LogP contribution in [0.1, 0.15) is 22.6 Å². The number of hydrogen-bond acceptors (Lipinski definition) is 3. The summed E-state index contributed by atoms with van der Waals surface area (Å²) < 4.78 is 5.60. The van der Waals surface area contributed by atoms with Crippen LogP contribution in [0.2, 0.25) is 5.02 Å². The molecule has 1 unspecified atom stereocenters. The van der Waals surface area contributed by atoms with Crippen molar-refractivity contribution in [3.63, 3.8) is 0 Å². The minimum absolute atomic E-state index is 0.153. The van der Waals surface area contributed by atoms with E-state index in [1.165, 1.54) is 0 Å². The van der Waals surface area contributed by atoms with Gasteiger partial charge in [-0.25, -0.2) is 0 Å². The molecule has 0 bridgehead atoms. The van der Waals surface area contributed by atoms with Crippen LogP contribution in [0.25, 0.3) is 0 Å². The largest absolute Gasteiger partial charge is 0.440 e. The molecule has 1 heterocycles. The third-order valence-electron chi connectivity index (χ3n) is 3.63. The van der Waals surface area contributed by atoms with Gasteiger partial charge in [0.1, 0.15) is 17.4 Å². The number of nitriles is 1. The Morgan fingerprint density at radius 3 is 2.62 bits per heavy atom. The second-order valence-corrected chi connectivity index (χ2v) is 5.38. The van der Waals surface area contributed by atoms with Gasteiger partial charge in [0, 0.05) is 10.6 Å².